The molecule has 2 atom stereocenters. The average molecular weight is 323 g/mol. The summed E-state index contributed by atoms with van der Waals surface area (Å²) < 4.78 is 5.64. The number of anilines is 1. The third kappa shape index (κ3) is 2.18. The molecule has 124 valence electrons. The second-order valence-corrected chi connectivity index (χ2v) is 7.00. The van der Waals surface area contributed by atoms with Crippen LogP contribution in [0.5, 0.6) is 0 Å². The lowest BCUT2D eigenvalue weighted by Gasteiger charge is -2.36. The Labute approximate surface area is 141 Å². The van der Waals surface area contributed by atoms with Gasteiger partial charge in [0.25, 0.3) is 0 Å². The van der Waals surface area contributed by atoms with E-state index in [9.17, 15) is 10.4 Å². The van der Waals surface area contributed by atoms with Crippen molar-refractivity contribution in [1.29, 1.82) is 5.26 Å². The molecule has 1 aromatic heterocycles. The van der Waals surface area contributed by atoms with E-state index in [-0.39, 0.29) is 12.0 Å². The van der Waals surface area contributed by atoms with Gasteiger partial charge in [-0.05, 0) is 30.9 Å². The minimum absolute atomic E-state index is 0.114. The smallest absolute Gasteiger partial charge is 0.147 e. The fourth-order valence-electron chi connectivity index (χ4n) is 4.20. The van der Waals surface area contributed by atoms with E-state index in [4.69, 9.17) is 9.72 Å². The molecule has 5 heteroatoms. The summed E-state index contributed by atoms with van der Waals surface area (Å²) in [4.78, 5) is 6.97. The van der Waals surface area contributed by atoms with Crippen LogP contribution in [0.4, 0.5) is 5.82 Å². The van der Waals surface area contributed by atoms with Gasteiger partial charge in [0, 0.05) is 30.5 Å². The summed E-state index contributed by atoms with van der Waals surface area (Å²) in [6.07, 6.45) is 0.950. The zero-order valence-electron chi connectivity index (χ0n) is 13.8. The van der Waals surface area contributed by atoms with E-state index >= 15 is 0 Å². The second kappa shape index (κ2) is 5.73. The van der Waals surface area contributed by atoms with Gasteiger partial charge >= 0.3 is 0 Å². The molecule has 0 saturated carbocycles. The number of aryl methyl sites for hydroxylation is 1. The first-order valence-corrected chi connectivity index (χ1v) is 8.41. The molecule has 5 nitrogen and oxygen atoms in total. The van der Waals surface area contributed by atoms with E-state index in [0.29, 0.717) is 24.6 Å². The van der Waals surface area contributed by atoms with Crippen LogP contribution in [0.25, 0.3) is 10.9 Å². The maximum absolute atomic E-state index is 9.98. The van der Waals surface area contributed by atoms with E-state index < -0.39 is 0 Å². The number of benzene rings is 1. The average Bonchev–Trinajstić information content (AvgIpc) is 3.02. The van der Waals surface area contributed by atoms with Crippen LogP contribution in [0.1, 0.15) is 17.5 Å². The van der Waals surface area contributed by atoms with Gasteiger partial charge in [0.15, 0.2) is 0 Å². The van der Waals surface area contributed by atoms with E-state index in [1.807, 2.05) is 31.2 Å². The van der Waals surface area contributed by atoms with Gasteiger partial charge in [-0.25, -0.2) is 4.98 Å². The van der Waals surface area contributed by atoms with Crippen molar-refractivity contribution in [3.63, 3.8) is 0 Å². The number of fused-ring (bicyclic) bond motifs is 2. The highest BCUT2D eigenvalue weighted by Gasteiger charge is 2.49. The monoisotopic (exact) mass is 323 g/mol. The third-order valence-electron chi connectivity index (χ3n) is 5.67. The fraction of sp³-hybridized carbons (Fsp3) is 0.474. The lowest BCUT2D eigenvalue weighted by atomic mass is 9.76. The van der Waals surface area contributed by atoms with Gasteiger partial charge in [0.2, 0.25) is 0 Å². The van der Waals surface area contributed by atoms with Crippen molar-refractivity contribution < 1.29 is 9.84 Å². The number of hydrogen-bond acceptors (Lipinski definition) is 5. The highest BCUT2D eigenvalue weighted by molar-refractivity contribution is 5.87. The maximum atomic E-state index is 9.98. The molecule has 0 radical (unpaired) electrons. The van der Waals surface area contributed by atoms with Crippen molar-refractivity contribution in [2.24, 2.45) is 11.3 Å². The SMILES string of the molecule is Cc1c(C#N)c(N2C[C@@H]3CCOC[C@]3(CO)C2)nc2ccccc12. The van der Waals surface area contributed by atoms with E-state index in [1.54, 1.807) is 0 Å². The predicted octanol–water partition coefficient (Wildman–Crippen LogP) is 2.25. The molecule has 2 aliphatic heterocycles. The molecule has 1 aromatic carbocycles. The van der Waals surface area contributed by atoms with Crippen molar-refractivity contribution in [2.45, 2.75) is 13.3 Å². The van der Waals surface area contributed by atoms with Crippen LogP contribution in [0.3, 0.4) is 0 Å². The van der Waals surface area contributed by atoms with E-state index in [2.05, 4.69) is 11.0 Å². The van der Waals surface area contributed by atoms with Crippen molar-refractivity contribution in [2.75, 3.05) is 37.8 Å². The molecule has 0 spiro atoms. The van der Waals surface area contributed by atoms with Crippen LogP contribution in [0, 0.1) is 29.6 Å². The largest absolute Gasteiger partial charge is 0.396 e. The number of pyridine rings is 1. The molecule has 24 heavy (non-hydrogen) atoms. The molecule has 0 bridgehead atoms. The van der Waals surface area contributed by atoms with Gasteiger partial charge in [0.1, 0.15) is 11.9 Å². The second-order valence-electron chi connectivity index (χ2n) is 7.00. The van der Waals surface area contributed by atoms with Crippen LogP contribution in [0.15, 0.2) is 24.3 Å². The Morgan fingerprint density at radius 2 is 2.29 bits per heavy atom. The molecule has 2 aromatic rings. The number of ether oxygens (including phenoxy) is 1. The third-order valence-corrected chi connectivity index (χ3v) is 5.67. The fourth-order valence-corrected chi connectivity index (χ4v) is 4.20. The maximum Gasteiger partial charge on any atom is 0.147 e. The van der Waals surface area contributed by atoms with Crippen LogP contribution in [-0.4, -0.2) is 43.0 Å². The number of nitrogens with zero attached hydrogens (tertiary/aromatic N) is 3. The van der Waals surface area contributed by atoms with Crippen LogP contribution in [0.2, 0.25) is 0 Å². The summed E-state index contributed by atoms with van der Waals surface area (Å²) in [6.45, 7) is 4.94. The Bertz CT molecular complexity index is 829. The van der Waals surface area contributed by atoms with Crippen LogP contribution in [-0.2, 0) is 4.74 Å². The first-order chi connectivity index (χ1) is 11.7. The minimum atomic E-state index is -0.230. The van der Waals surface area contributed by atoms with Crippen molar-refractivity contribution in [3.05, 3.63) is 35.4 Å². The number of nitriles is 1. The molecule has 2 saturated heterocycles. The zero-order chi connectivity index (χ0) is 16.7. The normalized spacial score (nSPS) is 26.4. The summed E-state index contributed by atoms with van der Waals surface area (Å²) in [7, 11) is 0. The Morgan fingerprint density at radius 1 is 1.46 bits per heavy atom. The van der Waals surface area contributed by atoms with Gasteiger partial charge in [-0.15, -0.1) is 0 Å². The summed E-state index contributed by atoms with van der Waals surface area (Å²) in [5, 5.41) is 20.7. The highest BCUT2D eigenvalue weighted by Crippen LogP contribution is 2.43. The Balaban J connectivity index is 1.81. The molecular weight excluding hydrogens is 302 g/mol. The van der Waals surface area contributed by atoms with Crippen molar-refractivity contribution >= 4 is 16.7 Å². The molecule has 1 N–H and O–H groups in total. The predicted molar refractivity (Wildman–Crippen MR) is 91.9 cm³/mol. The number of aliphatic hydroxyl groups excluding tert-OH is 1. The minimum Gasteiger partial charge on any atom is -0.396 e. The van der Waals surface area contributed by atoms with Gasteiger partial charge in [-0.2, -0.15) is 5.26 Å². The Hall–Kier alpha value is -2.16. The summed E-state index contributed by atoms with van der Waals surface area (Å²) in [6, 6.07) is 10.3. The van der Waals surface area contributed by atoms with Crippen LogP contribution >= 0.6 is 0 Å². The molecule has 0 unspecified atom stereocenters. The van der Waals surface area contributed by atoms with E-state index in [0.717, 1.165) is 41.9 Å². The first-order valence-electron chi connectivity index (χ1n) is 8.41. The quantitative estimate of drug-likeness (QED) is 0.918. The molecule has 3 heterocycles. The summed E-state index contributed by atoms with van der Waals surface area (Å²) >= 11 is 0. The topological polar surface area (TPSA) is 69.4 Å². The number of rotatable bonds is 2. The molecule has 4 rings (SSSR count). The highest BCUT2D eigenvalue weighted by atomic mass is 16.5. The van der Waals surface area contributed by atoms with E-state index in [1.165, 1.54) is 0 Å². The number of para-hydroxylation sites is 1. The molecule has 0 amide bonds. The molecule has 2 aliphatic rings. The Kier molecular flexibility index (Phi) is 3.67. The summed E-state index contributed by atoms with van der Waals surface area (Å²) in [5.41, 5.74) is 2.29. The standard InChI is InChI=1S/C19H21N3O2/c1-13-15-4-2-3-5-17(15)21-18(16(13)8-20)22-9-14-6-7-24-12-19(14,10-22)11-23/h2-5,14,23H,6-7,9-12H2,1H3/t14-,19+/m0/s1. The zero-order valence-corrected chi connectivity index (χ0v) is 13.8. The molecule has 0 aliphatic carbocycles. The van der Waals surface area contributed by atoms with Gasteiger partial charge < -0.3 is 14.7 Å². The summed E-state index contributed by atoms with van der Waals surface area (Å²) in [5.74, 6) is 1.13. The van der Waals surface area contributed by atoms with Crippen molar-refractivity contribution in [1.82, 2.24) is 4.98 Å². The lowest BCUT2D eigenvalue weighted by molar-refractivity contribution is -0.0543. The number of aromatic nitrogens is 1. The first kappa shape index (κ1) is 15.4. The van der Waals surface area contributed by atoms with Gasteiger partial charge in [-0.3, -0.25) is 0 Å². The number of hydrogen-bond donors (Lipinski definition) is 1. The lowest BCUT2D eigenvalue weighted by Crippen LogP contribution is -2.43. The van der Waals surface area contributed by atoms with Crippen LogP contribution < -0.4 is 4.90 Å². The Morgan fingerprint density at radius 3 is 3.04 bits per heavy atom. The van der Waals surface area contributed by atoms with Gasteiger partial charge in [0.05, 0.1) is 24.3 Å². The molecular formula is C19H21N3O2. The van der Waals surface area contributed by atoms with Gasteiger partial charge in [-0.1, -0.05) is 18.2 Å². The number of aliphatic hydroxyl groups is 1. The van der Waals surface area contributed by atoms with Crippen molar-refractivity contribution in [3.8, 4) is 6.07 Å². The molecule has 2 fully saturated rings.